The Labute approximate surface area is 106 Å². The van der Waals surface area contributed by atoms with E-state index in [1.54, 1.807) is 17.6 Å². The molecular weight excluding hydrogens is 230 g/mol. The van der Waals surface area contributed by atoms with Crippen molar-refractivity contribution < 1.29 is 9.53 Å². The topological polar surface area (TPSA) is 56.5 Å². The molecule has 0 fully saturated rings. The van der Waals surface area contributed by atoms with Gasteiger partial charge in [-0.15, -0.1) is 0 Å². The lowest BCUT2D eigenvalue weighted by molar-refractivity contribution is 0.0528. The second-order valence-corrected chi connectivity index (χ2v) is 5.09. The molecule has 0 bridgehead atoms. The third kappa shape index (κ3) is 2.08. The van der Waals surface area contributed by atoms with Gasteiger partial charge >= 0.3 is 5.97 Å². The molecule has 0 saturated carbocycles. The van der Waals surface area contributed by atoms with Gasteiger partial charge in [-0.1, -0.05) is 20.8 Å². The van der Waals surface area contributed by atoms with Gasteiger partial charge in [-0.2, -0.15) is 5.10 Å². The molecule has 2 rings (SSSR count). The number of hydrogen-bond acceptors (Lipinski definition) is 4. The number of aromatic nitrogens is 3. The van der Waals surface area contributed by atoms with E-state index in [-0.39, 0.29) is 11.4 Å². The SMILES string of the molecule is CCOC(=O)c1cnn2c(C(C)(C)C)ccnc12. The maximum absolute atomic E-state index is 11.8. The summed E-state index contributed by atoms with van der Waals surface area (Å²) >= 11 is 0. The maximum atomic E-state index is 11.8. The number of nitrogens with zero attached hydrogens (tertiary/aromatic N) is 3. The number of hydrogen-bond donors (Lipinski definition) is 0. The molecule has 2 heterocycles. The molecule has 0 aromatic carbocycles. The minimum Gasteiger partial charge on any atom is -0.462 e. The normalized spacial score (nSPS) is 11.8. The molecule has 96 valence electrons. The number of esters is 1. The lowest BCUT2D eigenvalue weighted by Crippen LogP contribution is -2.17. The molecule has 0 saturated heterocycles. The first-order chi connectivity index (χ1) is 8.45. The third-order valence-corrected chi connectivity index (χ3v) is 2.67. The summed E-state index contributed by atoms with van der Waals surface area (Å²) in [5, 5.41) is 4.24. The molecule has 5 heteroatoms. The summed E-state index contributed by atoms with van der Waals surface area (Å²) in [5.41, 5.74) is 1.88. The average molecular weight is 247 g/mol. The predicted octanol–water partition coefficient (Wildman–Crippen LogP) is 2.20. The van der Waals surface area contributed by atoms with Crippen molar-refractivity contribution in [3.63, 3.8) is 0 Å². The van der Waals surface area contributed by atoms with E-state index >= 15 is 0 Å². The Balaban J connectivity index is 2.59. The largest absolute Gasteiger partial charge is 0.462 e. The van der Waals surface area contributed by atoms with Gasteiger partial charge in [-0.05, 0) is 13.0 Å². The number of carbonyl (C=O) groups is 1. The minimum atomic E-state index is -0.383. The first kappa shape index (κ1) is 12.5. The van der Waals surface area contributed by atoms with E-state index in [4.69, 9.17) is 4.74 Å². The molecule has 5 nitrogen and oxygen atoms in total. The van der Waals surface area contributed by atoms with E-state index in [0.717, 1.165) is 5.69 Å². The van der Waals surface area contributed by atoms with E-state index in [0.29, 0.717) is 17.8 Å². The van der Waals surface area contributed by atoms with Crippen molar-refractivity contribution in [1.82, 2.24) is 14.6 Å². The summed E-state index contributed by atoms with van der Waals surface area (Å²) in [7, 11) is 0. The van der Waals surface area contributed by atoms with Crippen molar-refractivity contribution in [2.45, 2.75) is 33.1 Å². The summed E-state index contributed by atoms with van der Waals surface area (Å²) in [6, 6.07) is 1.91. The van der Waals surface area contributed by atoms with Crippen LogP contribution >= 0.6 is 0 Å². The van der Waals surface area contributed by atoms with Crippen molar-refractivity contribution in [2.75, 3.05) is 6.61 Å². The van der Waals surface area contributed by atoms with Crippen LogP contribution in [-0.2, 0) is 10.2 Å². The van der Waals surface area contributed by atoms with E-state index < -0.39 is 0 Å². The molecule has 0 unspecified atom stereocenters. The summed E-state index contributed by atoms with van der Waals surface area (Å²) < 4.78 is 6.69. The molecule has 0 amide bonds. The molecule has 0 aliphatic heterocycles. The zero-order chi connectivity index (χ0) is 13.3. The van der Waals surface area contributed by atoms with Gasteiger partial charge in [0.2, 0.25) is 0 Å². The van der Waals surface area contributed by atoms with Gasteiger partial charge in [0.05, 0.1) is 18.5 Å². The van der Waals surface area contributed by atoms with Gasteiger partial charge in [-0.3, -0.25) is 0 Å². The third-order valence-electron chi connectivity index (χ3n) is 2.67. The Morgan fingerprint density at radius 1 is 1.44 bits per heavy atom. The Morgan fingerprint density at radius 3 is 2.78 bits per heavy atom. The van der Waals surface area contributed by atoms with Crippen LogP contribution < -0.4 is 0 Å². The van der Waals surface area contributed by atoms with Crippen molar-refractivity contribution in [3.8, 4) is 0 Å². The van der Waals surface area contributed by atoms with Crippen molar-refractivity contribution in [3.05, 3.63) is 29.7 Å². The molecular formula is C13H17N3O2. The van der Waals surface area contributed by atoms with Crippen LogP contribution in [0.25, 0.3) is 5.65 Å². The number of ether oxygens (including phenoxy) is 1. The van der Waals surface area contributed by atoms with Crippen LogP contribution in [0.3, 0.4) is 0 Å². The number of carbonyl (C=O) groups excluding carboxylic acids is 1. The van der Waals surface area contributed by atoms with Crippen LogP contribution in [0.15, 0.2) is 18.5 Å². The number of rotatable bonds is 2. The fourth-order valence-corrected chi connectivity index (χ4v) is 1.81. The molecule has 0 spiro atoms. The minimum absolute atomic E-state index is 0.0703. The highest BCUT2D eigenvalue weighted by Crippen LogP contribution is 2.23. The van der Waals surface area contributed by atoms with E-state index in [9.17, 15) is 4.79 Å². The van der Waals surface area contributed by atoms with Crippen LogP contribution in [0.2, 0.25) is 0 Å². The van der Waals surface area contributed by atoms with E-state index in [2.05, 4.69) is 30.9 Å². The van der Waals surface area contributed by atoms with Crippen LogP contribution in [0.4, 0.5) is 0 Å². The van der Waals surface area contributed by atoms with Gasteiger partial charge in [0.25, 0.3) is 0 Å². The van der Waals surface area contributed by atoms with Crippen molar-refractivity contribution in [2.24, 2.45) is 0 Å². The Morgan fingerprint density at radius 2 is 2.17 bits per heavy atom. The van der Waals surface area contributed by atoms with Crippen LogP contribution in [0.1, 0.15) is 43.7 Å². The molecule has 2 aromatic heterocycles. The zero-order valence-corrected chi connectivity index (χ0v) is 11.1. The number of fused-ring (bicyclic) bond motifs is 1. The average Bonchev–Trinajstić information content (AvgIpc) is 2.71. The standard InChI is InChI=1S/C13H17N3O2/c1-5-18-12(17)9-8-15-16-10(13(2,3)4)6-7-14-11(9)16/h6-8H,5H2,1-4H3. The lowest BCUT2D eigenvalue weighted by Gasteiger charge is -2.19. The van der Waals surface area contributed by atoms with Gasteiger partial charge in [0, 0.05) is 11.6 Å². The quantitative estimate of drug-likeness (QED) is 0.763. The zero-order valence-electron chi connectivity index (χ0n) is 11.1. The molecule has 0 aliphatic carbocycles. The molecule has 0 radical (unpaired) electrons. The first-order valence-corrected chi connectivity index (χ1v) is 5.95. The molecule has 2 aromatic rings. The molecule has 0 N–H and O–H groups in total. The van der Waals surface area contributed by atoms with Crippen LogP contribution in [-0.4, -0.2) is 27.2 Å². The first-order valence-electron chi connectivity index (χ1n) is 5.95. The van der Waals surface area contributed by atoms with Gasteiger partial charge < -0.3 is 4.74 Å². The summed E-state index contributed by atoms with van der Waals surface area (Å²) in [6.45, 7) is 8.39. The fraction of sp³-hybridized carbons (Fsp3) is 0.462. The summed E-state index contributed by atoms with van der Waals surface area (Å²) in [6.07, 6.45) is 3.20. The highest BCUT2D eigenvalue weighted by molar-refractivity contribution is 5.95. The second-order valence-electron chi connectivity index (χ2n) is 5.09. The monoisotopic (exact) mass is 247 g/mol. The van der Waals surface area contributed by atoms with Crippen molar-refractivity contribution >= 4 is 11.6 Å². The molecule has 18 heavy (non-hydrogen) atoms. The predicted molar refractivity (Wildman–Crippen MR) is 67.6 cm³/mol. The fourth-order valence-electron chi connectivity index (χ4n) is 1.81. The molecule has 0 atom stereocenters. The smallest absolute Gasteiger partial charge is 0.343 e. The second kappa shape index (κ2) is 4.40. The maximum Gasteiger partial charge on any atom is 0.343 e. The van der Waals surface area contributed by atoms with E-state index in [1.807, 2.05) is 6.07 Å². The van der Waals surface area contributed by atoms with Gasteiger partial charge in [-0.25, -0.2) is 14.3 Å². The van der Waals surface area contributed by atoms with Gasteiger partial charge in [0.1, 0.15) is 5.56 Å². The summed E-state index contributed by atoms with van der Waals surface area (Å²) in [4.78, 5) is 16.0. The summed E-state index contributed by atoms with van der Waals surface area (Å²) in [5.74, 6) is -0.383. The van der Waals surface area contributed by atoms with Crippen LogP contribution in [0, 0.1) is 0 Å². The Kier molecular flexibility index (Phi) is 3.07. The van der Waals surface area contributed by atoms with Crippen molar-refractivity contribution in [1.29, 1.82) is 0 Å². The van der Waals surface area contributed by atoms with Crippen LogP contribution in [0.5, 0.6) is 0 Å². The highest BCUT2D eigenvalue weighted by atomic mass is 16.5. The highest BCUT2D eigenvalue weighted by Gasteiger charge is 2.21. The lowest BCUT2D eigenvalue weighted by atomic mass is 9.92. The Hall–Kier alpha value is -1.91. The van der Waals surface area contributed by atoms with Gasteiger partial charge in [0.15, 0.2) is 5.65 Å². The molecule has 0 aliphatic rings. The Bertz CT molecular complexity index is 581. The van der Waals surface area contributed by atoms with E-state index in [1.165, 1.54) is 6.20 Å².